The van der Waals surface area contributed by atoms with E-state index in [0.717, 1.165) is 38.5 Å². The quantitative estimate of drug-likeness (QED) is 0.828. The minimum absolute atomic E-state index is 0.0338. The van der Waals surface area contributed by atoms with Gasteiger partial charge in [0.15, 0.2) is 0 Å². The van der Waals surface area contributed by atoms with Crippen LogP contribution in [0.25, 0.3) is 0 Å². The summed E-state index contributed by atoms with van der Waals surface area (Å²) in [6, 6.07) is 0.760. The molecule has 0 saturated heterocycles. The van der Waals surface area contributed by atoms with Crippen molar-refractivity contribution in [1.29, 1.82) is 0 Å². The molecule has 3 N–H and O–H groups in total. The third kappa shape index (κ3) is 4.87. The van der Waals surface area contributed by atoms with Gasteiger partial charge in [0.2, 0.25) is 5.91 Å². The molecule has 2 rings (SSSR count). The second-order valence-corrected chi connectivity index (χ2v) is 7.40. The van der Waals surface area contributed by atoms with Gasteiger partial charge in [0.05, 0.1) is 6.54 Å². The predicted molar refractivity (Wildman–Crippen MR) is 84.3 cm³/mol. The van der Waals surface area contributed by atoms with E-state index in [1.807, 2.05) is 25.7 Å². The van der Waals surface area contributed by atoms with Crippen LogP contribution in [-0.2, 0) is 9.53 Å². The van der Waals surface area contributed by atoms with E-state index in [2.05, 4.69) is 5.32 Å². The maximum Gasteiger partial charge on any atom is 0.410 e. The van der Waals surface area contributed by atoms with Gasteiger partial charge < -0.3 is 20.7 Å². The molecule has 0 heterocycles. The molecule has 6 nitrogen and oxygen atoms in total. The van der Waals surface area contributed by atoms with Gasteiger partial charge in [-0.2, -0.15) is 0 Å². The van der Waals surface area contributed by atoms with Crippen LogP contribution in [0.4, 0.5) is 4.79 Å². The van der Waals surface area contributed by atoms with Gasteiger partial charge in [-0.15, -0.1) is 0 Å². The molecule has 0 aromatic carbocycles. The lowest BCUT2D eigenvalue weighted by Gasteiger charge is -2.38. The Morgan fingerprint density at radius 3 is 2.00 bits per heavy atom. The average Bonchev–Trinajstić information content (AvgIpc) is 3.23. The highest BCUT2D eigenvalue weighted by Crippen LogP contribution is 2.35. The summed E-state index contributed by atoms with van der Waals surface area (Å²) >= 11 is 0. The van der Waals surface area contributed by atoms with Gasteiger partial charge >= 0.3 is 6.09 Å². The molecule has 0 aliphatic heterocycles. The first-order valence-corrected chi connectivity index (χ1v) is 8.31. The lowest BCUT2D eigenvalue weighted by molar-refractivity contribution is -0.120. The first-order chi connectivity index (χ1) is 10.3. The van der Waals surface area contributed by atoms with Crippen LogP contribution in [0.15, 0.2) is 0 Å². The van der Waals surface area contributed by atoms with E-state index in [9.17, 15) is 9.59 Å². The van der Waals surface area contributed by atoms with Crippen LogP contribution in [0.2, 0.25) is 0 Å². The molecular formula is C16H29N3O3. The molecule has 0 aromatic heterocycles. The SMILES string of the molecule is CC(C)(C)OC(=O)N(C1CCC(NC(=O)CN)CC1)C1CC1. The van der Waals surface area contributed by atoms with Crippen molar-refractivity contribution in [3.63, 3.8) is 0 Å². The molecule has 0 unspecified atom stereocenters. The molecule has 2 fully saturated rings. The number of carbonyl (C=O) groups is 2. The summed E-state index contributed by atoms with van der Waals surface area (Å²) in [5, 5.41) is 2.94. The monoisotopic (exact) mass is 311 g/mol. The largest absolute Gasteiger partial charge is 0.444 e. The van der Waals surface area contributed by atoms with Crippen LogP contribution in [-0.4, -0.2) is 47.2 Å². The van der Waals surface area contributed by atoms with E-state index in [1.165, 1.54) is 0 Å². The van der Waals surface area contributed by atoms with Crippen LogP contribution in [0, 0.1) is 0 Å². The first-order valence-electron chi connectivity index (χ1n) is 8.31. The average molecular weight is 311 g/mol. The second-order valence-electron chi connectivity index (χ2n) is 7.40. The molecule has 2 aliphatic rings. The minimum Gasteiger partial charge on any atom is -0.444 e. The van der Waals surface area contributed by atoms with Gasteiger partial charge in [-0.05, 0) is 59.3 Å². The summed E-state index contributed by atoms with van der Waals surface area (Å²) in [4.78, 5) is 25.8. The van der Waals surface area contributed by atoms with Crippen molar-refractivity contribution >= 4 is 12.0 Å². The van der Waals surface area contributed by atoms with Crippen molar-refractivity contribution in [3.8, 4) is 0 Å². The number of nitrogens with one attached hydrogen (secondary N) is 1. The summed E-state index contributed by atoms with van der Waals surface area (Å²) < 4.78 is 5.56. The number of nitrogens with two attached hydrogens (primary N) is 1. The number of amides is 2. The fraction of sp³-hybridized carbons (Fsp3) is 0.875. The van der Waals surface area contributed by atoms with Gasteiger partial charge in [0.25, 0.3) is 0 Å². The molecule has 126 valence electrons. The molecule has 2 amide bonds. The molecule has 2 saturated carbocycles. The molecule has 0 atom stereocenters. The Morgan fingerprint density at radius 2 is 1.59 bits per heavy atom. The number of ether oxygens (including phenoxy) is 1. The molecule has 0 bridgehead atoms. The maximum absolute atomic E-state index is 12.5. The summed E-state index contributed by atoms with van der Waals surface area (Å²) in [6.07, 6.45) is 5.55. The van der Waals surface area contributed by atoms with Gasteiger partial charge in [0.1, 0.15) is 5.60 Å². The maximum atomic E-state index is 12.5. The Morgan fingerprint density at radius 1 is 1.09 bits per heavy atom. The number of hydrogen-bond donors (Lipinski definition) is 2. The Kier molecular flexibility index (Phi) is 5.32. The number of carbonyl (C=O) groups excluding carboxylic acids is 2. The normalized spacial score (nSPS) is 25.5. The van der Waals surface area contributed by atoms with Gasteiger partial charge in [-0.3, -0.25) is 4.79 Å². The van der Waals surface area contributed by atoms with E-state index in [4.69, 9.17) is 10.5 Å². The van der Waals surface area contributed by atoms with Gasteiger partial charge in [0, 0.05) is 18.1 Å². The third-order valence-corrected chi connectivity index (χ3v) is 4.19. The zero-order valence-corrected chi connectivity index (χ0v) is 13.9. The van der Waals surface area contributed by atoms with Gasteiger partial charge in [-0.25, -0.2) is 4.79 Å². The van der Waals surface area contributed by atoms with Crippen molar-refractivity contribution in [3.05, 3.63) is 0 Å². The molecule has 2 aliphatic carbocycles. The fourth-order valence-corrected chi connectivity index (χ4v) is 3.05. The van der Waals surface area contributed by atoms with E-state index in [1.54, 1.807) is 0 Å². The van der Waals surface area contributed by atoms with Crippen molar-refractivity contribution in [1.82, 2.24) is 10.2 Å². The van der Waals surface area contributed by atoms with Gasteiger partial charge in [-0.1, -0.05) is 0 Å². The Labute approximate surface area is 132 Å². The lowest BCUT2D eigenvalue weighted by Crippen LogP contribution is -2.49. The Bertz CT molecular complexity index is 407. The number of rotatable bonds is 4. The zero-order chi connectivity index (χ0) is 16.3. The molecular weight excluding hydrogens is 282 g/mol. The van der Waals surface area contributed by atoms with Crippen molar-refractivity contribution in [2.75, 3.05) is 6.54 Å². The minimum atomic E-state index is -0.462. The molecule has 0 spiro atoms. The molecule has 0 aromatic rings. The highest BCUT2D eigenvalue weighted by Gasteiger charge is 2.40. The van der Waals surface area contributed by atoms with E-state index in [-0.39, 0.29) is 30.6 Å². The molecule has 22 heavy (non-hydrogen) atoms. The summed E-state index contributed by atoms with van der Waals surface area (Å²) in [7, 11) is 0. The number of hydrogen-bond acceptors (Lipinski definition) is 4. The van der Waals surface area contributed by atoms with Crippen LogP contribution >= 0.6 is 0 Å². The summed E-state index contributed by atoms with van der Waals surface area (Å²) in [5.74, 6) is -0.102. The number of nitrogens with zero attached hydrogens (tertiary/aromatic N) is 1. The van der Waals surface area contributed by atoms with Crippen molar-refractivity contribution in [2.24, 2.45) is 5.73 Å². The van der Waals surface area contributed by atoms with E-state index in [0.29, 0.717) is 6.04 Å². The predicted octanol–water partition coefficient (Wildman–Crippen LogP) is 1.77. The standard InChI is InChI=1S/C16H29N3O3/c1-16(2,3)22-15(21)19(13-8-9-13)12-6-4-11(5-7-12)18-14(20)10-17/h11-13H,4-10,17H2,1-3H3,(H,18,20). The summed E-state index contributed by atoms with van der Waals surface area (Å²) in [6.45, 7) is 5.73. The Hall–Kier alpha value is -1.30. The third-order valence-electron chi connectivity index (χ3n) is 4.19. The smallest absolute Gasteiger partial charge is 0.410 e. The zero-order valence-electron chi connectivity index (χ0n) is 13.9. The van der Waals surface area contributed by atoms with E-state index >= 15 is 0 Å². The molecule has 6 heteroatoms. The second kappa shape index (κ2) is 6.86. The highest BCUT2D eigenvalue weighted by atomic mass is 16.6. The van der Waals surface area contributed by atoms with Crippen molar-refractivity contribution < 1.29 is 14.3 Å². The van der Waals surface area contributed by atoms with Crippen molar-refractivity contribution in [2.45, 2.75) is 83.0 Å². The van der Waals surface area contributed by atoms with Crippen LogP contribution < -0.4 is 11.1 Å². The molecule has 0 radical (unpaired) electrons. The van der Waals surface area contributed by atoms with Crippen LogP contribution in [0.5, 0.6) is 0 Å². The highest BCUT2D eigenvalue weighted by molar-refractivity contribution is 5.78. The lowest BCUT2D eigenvalue weighted by atomic mass is 9.90. The fourth-order valence-electron chi connectivity index (χ4n) is 3.05. The summed E-state index contributed by atoms with van der Waals surface area (Å²) in [5.41, 5.74) is 4.87. The van der Waals surface area contributed by atoms with E-state index < -0.39 is 5.60 Å². The topological polar surface area (TPSA) is 84.7 Å². The Balaban J connectivity index is 1.89. The first kappa shape index (κ1) is 17.1. The van der Waals surface area contributed by atoms with Crippen LogP contribution in [0.1, 0.15) is 59.3 Å². The van der Waals surface area contributed by atoms with Crippen LogP contribution in [0.3, 0.4) is 0 Å².